The van der Waals surface area contributed by atoms with Crippen molar-refractivity contribution in [3.05, 3.63) is 46.2 Å². The molecule has 2 aromatic rings. The molecule has 2 N–H and O–H groups in total. The Kier molecular flexibility index (Phi) is 6.10. The monoisotopic (exact) mass is 376 g/mol. The first-order valence-corrected chi connectivity index (χ1v) is 8.39. The van der Waals surface area contributed by atoms with Gasteiger partial charge in [-0.15, -0.1) is 0 Å². The summed E-state index contributed by atoms with van der Waals surface area (Å²) in [6, 6.07) is 7.55. The van der Waals surface area contributed by atoms with Gasteiger partial charge in [0.1, 0.15) is 5.69 Å². The van der Waals surface area contributed by atoms with Crippen LogP contribution in [-0.2, 0) is 0 Å². The van der Waals surface area contributed by atoms with Gasteiger partial charge in [0, 0.05) is 17.2 Å². The molecule has 1 amide bonds. The van der Waals surface area contributed by atoms with Crippen LogP contribution in [0.3, 0.4) is 0 Å². The molecule has 0 aliphatic rings. The van der Waals surface area contributed by atoms with Crippen LogP contribution in [0.4, 0.5) is 11.6 Å². The van der Waals surface area contributed by atoms with E-state index < -0.39 is 0 Å². The predicted molar refractivity (Wildman–Crippen MR) is 96.0 cm³/mol. The number of hydrogen-bond acceptors (Lipinski definition) is 4. The number of hydrogen-bond donors (Lipinski definition) is 2. The van der Waals surface area contributed by atoms with E-state index in [4.69, 9.17) is 0 Å². The average molecular weight is 377 g/mol. The van der Waals surface area contributed by atoms with Crippen LogP contribution in [0, 0.1) is 12.8 Å². The fourth-order valence-electron chi connectivity index (χ4n) is 1.95. The summed E-state index contributed by atoms with van der Waals surface area (Å²) in [5.74, 6) is 0.766. The van der Waals surface area contributed by atoms with E-state index in [1.807, 2.05) is 25.1 Å². The van der Waals surface area contributed by atoms with Gasteiger partial charge >= 0.3 is 0 Å². The highest BCUT2D eigenvalue weighted by Gasteiger charge is 2.09. The molecule has 2 rings (SSSR count). The maximum atomic E-state index is 12.1. The summed E-state index contributed by atoms with van der Waals surface area (Å²) in [5.41, 5.74) is 2.36. The van der Waals surface area contributed by atoms with Crippen molar-refractivity contribution in [1.82, 2.24) is 15.3 Å². The first kappa shape index (κ1) is 17.4. The second-order valence-corrected chi connectivity index (χ2v) is 6.67. The van der Waals surface area contributed by atoms with Crippen LogP contribution in [0.2, 0.25) is 0 Å². The fourth-order valence-corrected chi connectivity index (χ4v) is 2.54. The Morgan fingerprint density at radius 3 is 2.78 bits per heavy atom. The van der Waals surface area contributed by atoms with Crippen molar-refractivity contribution in [3.63, 3.8) is 0 Å². The standard InChI is InChI=1S/C17H21BrN4O/c1-11(2)6-8-19-16(23)15-7-9-20-17(22-15)21-14-5-4-12(3)10-13(14)18/h4-5,7,9-11H,6,8H2,1-3H3,(H,19,23)(H,20,21,22). The zero-order chi connectivity index (χ0) is 16.8. The number of aromatic nitrogens is 2. The molecule has 0 aliphatic carbocycles. The second kappa shape index (κ2) is 8.06. The molecule has 5 nitrogen and oxygen atoms in total. The number of anilines is 2. The van der Waals surface area contributed by atoms with Crippen molar-refractivity contribution in [3.8, 4) is 0 Å². The molecule has 0 radical (unpaired) electrons. The van der Waals surface area contributed by atoms with Gasteiger partial charge in [-0.2, -0.15) is 0 Å². The van der Waals surface area contributed by atoms with Gasteiger partial charge < -0.3 is 10.6 Å². The molecule has 0 spiro atoms. The fraction of sp³-hybridized carbons (Fsp3) is 0.353. The van der Waals surface area contributed by atoms with Crippen molar-refractivity contribution in [2.24, 2.45) is 5.92 Å². The molecule has 122 valence electrons. The predicted octanol–water partition coefficient (Wildman–Crippen LogP) is 4.07. The summed E-state index contributed by atoms with van der Waals surface area (Å²) in [5, 5.41) is 5.99. The summed E-state index contributed by atoms with van der Waals surface area (Å²) in [7, 11) is 0. The average Bonchev–Trinajstić information content (AvgIpc) is 2.50. The molecule has 6 heteroatoms. The Morgan fingerprint density at radius 1 is 1.30 bits per heavy atom. The molecule has 0 bridgehead atoms. The first-order valence-electron chi connectivity index (χ1n) is 7.60. The van der Waals surface area contributed by atoms with Crippen LogP contribution in [0.1, 0.15) is 36.3 Å². The van der Waals surface area contributed by atoms with Gasteiger partial charge in [-0.3, -0.25) is 4.79 Å². The number of carbonyl (C=O) groups is 1. The topological polar surface area (TPSA) is 66.9 Å². The van der Waals surface area contributed by atoms with Crippen molar-refractivity contribution < 1.29 is 4.79 Å². The lowest BCUT2D eigenvalue weighted by atomic mass is 10.1. The number of amides is 1. The molecule has 1 aromatic carbocycles. The van der Waals surface area contributed by atoms with Crippen LogP contribution >= 0.6 is 15.9 Å². The second-order valence-electron chi connectivity index (χ2n) is 5.81. The minimum atomic E-state index is -0.181. The molecule has 0 unspecified atom stereocenters. The number of aryl methyl sites for hydroxylation is 1. The zero-order valence-corrected chi connectivity index (χ0v) is 15.1. The lowest BCUT2D eigenvalue weighted by Crippen LogP contribution is -2.26. The molecule has 1 heterocycles. The number of rotatable bonds is 6. The van der Waals surface area contributed by atoms with Gasteiger partial charge in [0.2, 0.25) is 5.95 Å². The third-order valence-electron chi connectivity index (χ3n) is 3.27. The Hall–Kier alpha value is -1.95. The van der Waals surface area contributed by atoms with Gasteiger partial charge in [-0.25, -0.2) is 9.97 Å². The van der Waals surface area contributed by atoms with Gasteiger partial charge in [0.05, 0.1) is 5.69 Å². The number of nitrogens with zero attached hydrogens (tertiary/aromatic N) is 2. The smallest absolute Gasteiger partial charge is 0.270 e. The Bertz CT molecular complexity index is 688. The zero-order valence-electron chi connectivity index (χ0n) is 13.6. The number of halogens is 1. The van der Waals surface area contributed by atoms with Crippen LogP contribution in [0.5, 0.6) is 0 Å². The summed E-state index contributed by atoms with van der Waals surface area (Å²) in [6.07, 6.45) is 2.52. The Balaban J connectivity index is 2.06. The molecule has 0 saturated heterocycles. The normalized spacial score (nSPS) is 10.7. The highest BCUT2D eigenvalue weighted by molar-refractivity contribution is 9.10. The maximum absolute atomic E-state index is 12.1. The molecule has 0 saturated carbocycles. The minimum absolute atomic E-state index is 0.181. The molecule has 0 atom stereocenters. The highest BCUT2D eigenvalue weighted by atomic mass is 79.9. The molecular formula is C17H21BrN4O. The summed E-state index contributed by atoms with van der Waals surface area (Å²) in [4.78, 5) is 20.5. The van der Waals surface area contributed by atoms with Crippen LogP contribution in [-0.4, -0.2) is 22.4 Å². The van der Waals surface area contributed by atoms with Crippen molar-refractivity contribution in [2.45, 2.75) is 27.2 Å². The summed E-state index contributed by atoms with van der Waals surface area (Å²) >= 11 is 3.50. The minimum Gasteiger partial charge on any atom is -0.351 e. The number of nitrogens with one attached hydrogen (secondary N) is 2. The van der Waals surface area contributed by atoms with Gasteiger partial charge in [-0.05, 0) is 59.0 Å². The summed E-state index contributed by atoms with van der Waals surface area (Å²) in [6.45, 7) is 6.91. The summed E-state index contributed by atoms with van der Waals surface area (Å²) < 4.78 is 0.924. The van der Waals surface area contributed by atoms with E-state index in [0.29, 0.717) is 24.1 Å². The molecule has 1 aromatic heterocycles. The lowest BCUT2D eigenvalue weighted by molar-refractivity contribution is 0.0947. The third kappa shape index (κ3) is 5.32. The van der Waals surface area contributed by atoms with E-state index in [1.54, 1.807) is 12.3 Å². The van der Waals surface area contributed by atoms with Crippen LogP contribution < -0.4 is 10.6 Å². The Morgan fingerprint density at radius 2 is 2.09 bits per heavy atom. The third-order valence-corrected chi connectivity index (χ3v) is 3.92. The molecule has 0 fully saturated rings. The molecule has 23 heavy (non-hydrogen) atoms. The van der Waals surface area contributed by atoms with Crippen LogP contribution in [0.15, 0.2) is 34.9 Å². The van der Waals surface area contributed by atoms with E-state index in [9.17, 15) is 4.79 Å². The molecule has 0 aliphatic heterocycles. The Labute approximate surface area is 145 Å². The largest absolute Gasteiger partial charge is 0.351 e. The van der Waals surface area contributed by atoms with Gasteiger partial charge in [0.15, 0.2) is 0 Å². The van der Waals surface area contributed by atoms with E-state index in [-0.39, 0.29) is 5.91 Å². The van der Waals surface area contributed by atoms with E-state index >= 15 is 0 Å². The SMILES string of the molecule is Cc1ccc(Nc2nccc(C(=O)NCCC(C)C)n2)c(Br)c1. The molecular weight excluding hydrogens is 356 g/mol. The van der Waals surface area contributed by atoms with Gasteiger partial charge in [-0.1, -0.05) is 19.9 Å². The first-order chi connectivity index (χ1) is 11.0. The van der Waals surface area contributed by atoms with Crippen LogP contribution in [0.25, 0.3) is 0 Å². The quantitative estimate of drug-likeness (QED) is 0.797. The maximum Gasteiger partial charge on any atom is 0.270 e. The van der Waals surface area contributed by atoms with Crippen molar-refractivity contribution >= 4 is 33.5 Å². The van der Waals surface area contributed by atoms with E-state index in [0.717, 1.165) is 22.1 Å². The number of carbonyl (C=O) groups excluding carboxylic acids is 1. The van der Waals surface area contributed by atoms with E-state index in [2.05, 4.69) is 50.4 Å². The van der Waals surface area contributed by atoms with Crippen molar-refractivity contribution in [2.75, 3.05) is 11.9 Å². The number of benzene rings is 1. The van der Waals surface area contributed by atoms with Crippen molar-refractivity contribution in [1.29, 1.82) is 0 Å². The lowest BCUT2D eigenvalue weighted by Gasteiger charge is -2.09. The van der Waals surface area contributed by atoms with E-state index in [1.165, 1.54) is 0 Å². The van der Waals surface area contributed by atoms with Gasteiger partial charge in [0.25, 0.3) is 5.91 Å². The highest BCUT2D eigenvalue weighted by Crippen LogP contribution is 2.25.